The Hall–Kier alpha value is -2.60. The molecule has 1 aromatic carbocycles. The Bertz CT molecular complexity index is 883. The van der Waals surface area contributed by atoms with Crippen molar-refractivity contribution in [2.75, 3.05) is 40.3 Å². The Kier molecular flexibility index (Phi) is 5.95. The molecule has 0 radical (unpaired) electrons. The summed E-state index contributed by atoms with van der Waals surface area (Å²) in [6.07, 6.45) is 4.90. The van der Waals surface area contributed by atoms with E-state index in [0.29, 0.717) is 18.7 Å². The van der Waals surface area contributed by atoms with E-state index in [1.165, 1.54) is 11.1 Å². The summed E-state index contributed by atoms with van der Waals surface area (Å²) in [4.78, 5) is 29.1. The molecule has 2 amide bonds. The van der Waals surface area contributed by atoms with E-state index in [4.69, 9.17) is 4.42 Å². The molecule has 160 valence electrons. The van der Waals surface area contributed by atoms with Crippen LogP contribution in [-0.4, -0.2) is 61.9 Å². The van der Waals surface area contributed by atoms with Crippen LogP contribution in [0.4, 0.5) is 0 Å². The van der Waals surface area contributed by atoms with Gasteiger partial charge in [0.25, 0.3) is 5.91 Å². The average Bonchev–Trinajstić information content (AvgIpc) is 3.36. The lowest BCUT2D eigenvalue weighted by molar-refractivity contribution is -0.121. The van der Waals surface area contributed by atoms with Crippen LogP contribution in [0.2, 0.25) is 0 Å². The van der Waals surface area contributed by atoms with E-state index in [1.807, 2.05) is 19.0 Å². The van der Waals surface area contributed by atoms with Gasteiger partial charge in [-0.3, -0.25) is 9.59 Å². The molecule has 1 aromatic heterocycles. The largest absolute Gasteiger partial charge is 0.459 e. The lowest BCUT2D eigenvalue weighted by atomic mass is 9.73. The zero-order chi connectivity index (χ0) is 21.1. The molecule has 1 aliphatic heterocycles. The fraction of sp³-hybridized carbons (Fsp3) is 0.500. The SMILES string of the molecule is CN(C)CCNC(=O)C[C@H]1CC2(CCN(C(=O)c3ccco3)CC2)c2ccccc21. The number of carbonyl (C=O) groups is 2. The number of nitrogens with zero attached hydrogens (tertiary/aromatic N) is 2. The Morgan fingerprint density at radius 1 is 1.17 bits per heavy atom. The monoisotopic (exact) mass is 409 g/mol. The van der Waals surface area contributed by atoms with Gasteiger partial charge in [0, 0.05) is 32.6 Å². The van der Waals surface area contributed by atoms with Crippen LogP contribution in [0, 0.1) is 0 Å². The molecule has 2 aromatic rings. The predicted molar refractivity (Wildman–Crippen MR) is 116 cm³/mol. The second-order valence-corrected chi connectivity index (χ2v) is 8.90. The lowest BCUT2D eigenvalue weighted by Gasteiger charge is -2.40. The van der Waals surface area contributed by atoms with Crippen molar-refractivity contribution in [2.45, 2.75) is 37.0 Å². The molecule has 1 N–H and O–H groups in total. The number of benzene rings is 1. The first-order valence-electron chi connectivity index (χ1n) is 10.8. The minimum absolute atomic E-state index is 0.0297. The Balaban J connectivity index is 1.43. The molecular formula is C24H31N3O3. The summed E-state index contributed by atoms with van der Waals surface area (Å²) in [5, 5.41) is 3.06. The summed E-state index contributed by atoms with van der Waals surface area (Å²) < 4.78 is 5.29. The Morgan fingerprint density at radius 2 is 1.93 bits per heavy atom. The molecule has 2 heterocycles. The van der Waals surface area contributed by atoms with Gasteiger partial charge >= 0.3 is 0 Å². The number of rotatable bonds is 6. The number of piperidine rings is 1. The summed E-state index contributed by atoms with van der Waals surface area (Å²) in [6, 6.07) is 12.1. The molecule has 1 spiro atoms. The summed E-state index contributed by atoms with van der Waals surface area (Å²) in [7, 11) is 4.01. The number of hydrogen-bond donors (Lipinski definition) is 1. The number of nitrogens with one attached hydrogen (secondary N) is 1. The van der Waals surface area contributed by atoms with E-state index in [0.717, 1.165) is 38.9 Å². The van der Waals surface area contributed by atoms with E-state index in [2.05, 4.69) is 34.5 Å². The summed E-state index contributed by atoms with van der Waals surface area (Å²) >= 11 is 0. The highest BCUT2D eigenvalue weighted by Gasteiger charge is 2.46. The van der Waals surface area contributed by atoms with Gasteiger partial charge < -0.3 is 19.5 Å². The van der Waals surface area contributed by atoms with Crippen LogP contribution in [0.15, 0.2) is 47.1 Å². The van der Waals surface area contributed by atoms with Gasteiger partial charge in [-0.1, -0.05) is 24.3 Å². The maximum Gasteiger partial charge on any atom is 0.289 e. The van der Waals surface area contributed by atoms with Gasteiger partial charge in [-0.2, -0.15) is 0 Å². The Labute approximate surface area is 178 Å². The topological polar surface area (TPSA) is 65.8 Å². The smallest absolute Gasteiger partial charge is 0.289 e. The molecule has 1 saturated heterocycles. The standard InChI is InChI=1S/C24H31N3O3/c1-26(2)14-11-25-22(28)16-18-17-24(20-7-4-3-6-19(18)20)9-12-27(13-10-24)23(29)21-8-5-15-30-21/h3-8,15,18H,9-14,16-17H2,1-2H3,(H,25,28)/t18-/m0/s1. The van der Waals surface area contributed by atoms with Gasteiger partial charge in [0.15, 0.2) is 5.76 Å². The number of furan rings is 1. The molecule has 1 fully saturated rings. The number of fused-ring (bicyclic) bond motifs is 2. The number of hydrogen-bond acceptors (Lipinski definition) is 4. The van der Waals surface area contributed by atoms with Gasteiger partial charge in [-0.15, -0.1) is 0 Å². The minimum Gasteiger partial charge on any atom is -0.459 e. The van der Waals surface area contributed by atoms with Crippen molar-refractivity contribution in [3.63, 3.8) is 0 Å². The zero-order valence-electron chi connectivity index (χ0n) is 17.9. The normalized spacial score (nSPS) is 19.8. The van der Waals surface area contributed by atoms with Crippen LogP contribution >= 0.6 is 0 Å². The maximum absolute atomic E-state index is 12.6. The molecule has 1 aliphatic carbocycles. The predicted octanol–water partition coefficient (Wildman–Crippen LogP) is 3.01. The van der Waals surface area contributed by atoms with Crippen molar-refractivity contribution >= 4 is 11.8 Å². The first-order chi connectivity index (χ1) is 14.5. The number of carbonyl (C=O) groups excluding carboxylic acids is 2. The third-order valence-electron chi connectivity index (χ3n) is 6.66. The molecular weight excluding hydrogens is 378 g/mol. The quantitative estimate of drug-likeness (QED) is 0.797. The van der Waals surface area contributed by atoms with Crippen molar-refractivity contribution in [1.82, 2.24) is 15.1 Å². The van der Waals surface area contributed by atoms with Crippen molar-refractivity contribution in [3.8, 4) is 0 Å². The van der Waals surface area contributed by atoms with E-state index >= 15 is 0 Å². The third-order valence-corrected chi connectivity index (χ3v) is 6.66. The first kappa shape index (κ1) is 20.7. The zero-order valence-corrected chi connectivity index (χ0v) is 17.9. The van der Waals surface area contributed by atoms with E-state index in [9.17, 15) is 9.59 Å². The van der Waals surface area contributed by atoms with Crippen LogP contribution in [-0.2, 0) is 10.2 Å². The van der Waals surface area contributed by atoms with Crippen molar-refractivity contribution in [2.24, 2.45) is 0 Å². The van der Waals surface area contributed by atoms with Crippen LogP contribution in [0.25, 0.3) is 0 Å². The lowest BCUT2D eigenvalue weighted by Crippen LogP contribution is -2.44. The highest BCUT2D eigenvalue weighted by Crippen LogP contribution is 2.52. The van der Waals surface area contributed by atoms with Gasteiger partial charge in [-0.05, 0) is 68.0 Å². The Morgan fingerprint density at radius 3 is 2.63 bits per heavy atom. The molecule has 0 bridgehead atoms. The van der Waals surface area contributed by atoms with Crippen LogP contribution in [0.1, 0.15) is 53.3 Å². The first-order valence-corrected chi connectivity index (χ1v) is 10.8. The van der Waals surface area contributed by atoms with Crippen LogP contribution < -0.4 is 5.32 Å². The van der Waals surface area contributed by atoms with Gasteiger partial charge in [-0.25, -0.2) is 0 Å². The molecule has 6 nitrogen and oxygen atoms in total. The minimum atomic E-state index is -0.0297. The average molecular weight is 410 g/mol. The second-order valence-electron chi connectivity index (χ2n) is 8.90. The highest BCUT2D eigenvalue weighted by atomic mass is 16.3. The molecule has 1 atom stereocenters. The molecule has 6 heteroatoms. The molecule has 0 unspecified atom stereocenters. The number of likely N-dealkylation sites (N-methyl/N-ethyl adjacent to an activating group) is 1. The van der Waals surface area contributed by atoms with E-state index in [1.54, 1.807) is 18.4 Å². The van der Waals surface area contributed by atoms with Gasteiger partial charge in [0.1, 0.15) is 0 Å². The molecule has 4 rings (SSSR count). The second kappa shape index (κ2) is 8.64. The van der Waals surface area contributed by atoms with Gasteiger partial charge in [0.2, 0.25) is 5.91 Å². The van der Waals surface area contributed by atoms with E-state index < -0.39 is 0 Å². The van der Waals surface area contributed by atoms with Crippen molar-refractivity contribution in [3.05, 3.63) is 59.5 Å². The molecule has 2 aliphatic rings. The molecule has 0 saturated carbocycles. The molecule has 30 heavy (non-hydrogen) atoms. The fourth-order valence-electron chi connectivity index (χ4n) is 5.09. The highest BCUT2D eigenvalue weighted by molar-refractivity contribution is 5.91. The van der Waals surface area contributed by atoms with E-state index in [-0.39, 0.29) is 23.1 Å². The summed E-state index contributed by atoms with van der Waals surface area (Å²) in [5.41, 5.74) is 2.75. The summed E-state index contributed by atoms with van der Waals surface area (Å²) in [5.74, 6) is 0.745. The van der Waals surface area contributed by atoms with Gasteiger partial charge in [0.05, 0.1) is 6.26 Å². The van der Waals surface area contributed by atoms with Crippen molar-refractivity contribution < 1.29 is 14.0 Å². The number of amides is 2. The van der Waals surface area contributed by atoms with Crippen LogP contribution in [0.5, 0.6) is 0 Å². The fourth-order valence-corrected chi connectivity index (χ4v) is 5.09. The van der Waals surface area contributed by atoms with Crippen LogP contribution in [0.3, 0.4) is 0 Å². The maximum atomic E-state index is 12.6. The van der Waals surface area contributed by atoms with Crippen molar-refractivity contribution in [1.29, 1.82) is 0 Å². The summed E-state index contributed by atoms with van der Waals surface area (Å²) in [6.45, 7) is 2.96. The number of likely N-dealkylation sites (tertiary alicyclic amines) is 1. The third kappa shape index (κ3) is 4.15.